The summed E-state index contributed by atoms with van der Waals surface area (Å²) in [6, 6.07) is 19.1. The fourth-order valence-electron chi connectivity index (χ4n) is 4.12. The largest absolute Gasteiger partial charge is 0.389 e. The Morgan fingerprint density at radius 3 is 1.94 bits per heavy atom. The van der Waals surface area contributed by atoms with Gasteiger partial charge in [-0.3, -0.25) is 0 Å². The second kappa shape index (κ2) is 10.3. The first-order chi connectivity index (χ1) is 14.7. The minimum Gasteiger partial charge on any atom is -0.389 e. The lowest BCUT2D eigenvalue weighted by Gasteiger charge is -2.27. The number of halogens is 1. The van der Waals surface area contributed by atoms with E-state index in [4.69, 9.17) is 11.6 Å². The summed E-state index contributed by atoms with van der Waals surface area (Å²) in [4.78, 5) is 1.26. The number of hydrogen-bond donors (Lipinski definition) is 1. The minimum atomic E-state index is -0.549. The first kappa shape index (κ1) is 23.9. The molecule has 0 aliphatic carbocycles. The summed E-state index contributed by atoms with van der Waals surface area (Å²) < 4.78 is 0. The number of benzene rings is 3. The summed E-state index contributed by atoms with van der Waals surface area (Å²) in [5, 5.41) is 11.6. The van der Waals surface area contributed by atoms with Crippen LogP contribution in [0, 0.1) is 6.92 Å². The summed E-state index contributed by atoms with van der Waals surface area (Å²) in [5.74, 6) is 1.57. The molecule has 0 spiro atoms. The van der Waals surface area contributed by atoms with E-state index in [9.17, 15) is 5.11 Å². The average molecular weight is 453 g/mol. The molecule has 1 unspecified atom stereocenters. The lowest BCUT2D eigenvalue weighted by Crippen LogP contribution is -2.10. The van der Waals surface area contributed by atoms with Crippen molar-refractivity contribution in [2.24, 2.45) is 0 Å². The van der Waals surface area contributed by atoms with Gasteiger partial charge in [-0.15, -0.1) is 11.8 Å². The van der Waals surface area contributed by atoms with Gasteiger partial charge in [-0.25, -0.2) is 0 Å². The number of thioether (sulfide) groups is 1. The van der Waals surface area contributed by atoms with E-state index in [0.29, 0.717) is 11.8 Å². The van der Waals surface area contributed by atoms with Crippen molar-refractivity contribution in [3.05, 3.63) is 87.4 Å². The lowest BCUT2D eigenvalue weighted by atomic mass is 9.80. The molecule has 3 rings (SSSR count). The van der Waals surface area contributed by atoms with E-state index in [2.05, 4.69) is 77.1 Å². The van der Waals surface area contributed by atoms with Crippen LogP contribution in [0.2, 0.25) is 5.02 Å². The van der Waals surface area contributed by atoms with Gasteiger partial charge in [-0.1, -0.05) is 75.2 Å². The standard InChI is InChI=1S/C28H33ClOS/c1-17(2)24-15-25(18(3)4)27(20(6)30)28(21-9-11-22(29)12-10-21)26(24)16-31-23-13-7-19(5)8-14-23/h7-15,17-18,20,30H,16H2,1-6H3. The van der Waals surface area contributed by atoms with Gasteiger partial charge in [0.25, 0.3) is 0 Å². The van der Waals surface area contributed by atoms with Gasteiger partial charge in [-0.05, 0) is 83.3 Å². The molecule has 0 aromatic heterocycles. The van der Waals surface area contributed by atoms with E-state index in [1.165, 1.54) is 32.7 Å². The zero-order valence-electron chi connectivity index (χ0n) is 19.4. The van der Waals surface area contributed by atoms with E-state index < -0.39 is 6.10 Å². The molecule has 3 aromatic carbocycles. The molecular weight excluding hydrogens is 420 g/mol. The van der Waals surface area contributed by atoms with E-state index in [-0.39, 0.29) is 0 Å². The Kier molecular flexibility index (Phi) is 7.91. The monoisotopic (exact) mass is 452 g/mol. The highest BCUT2D eigenvalue weighted by atomic mass is 35.5. The Morgan fingerprint density at radius 1 is 0.839 bits per heavy atom. The van der Waals surface area contributed by atoms with Gasteiger partial charge >= 0.3 is 0 Å². The minimum absolute atomic E-state index is 0.326. The van der Waals surface area contributed by atoms with Crippen molar-refractivity contribution in [2.45, 2.75) is 70.1 Å². The smallest absolute Gasteiger partial charge is 0.0770 e. The molecule has 0 aliphatic heterocycles. The van der Waals surface area contributed by atoms with Gasteiger partial charge in [0.2, 0.25) is 0 Å². The molecule has 164 valence electrons. The van der Waals surface area contributed by atoms with Crippen LogP contribution in [-0.4, -0.2) is 5.11 Å². The topological polar surface area (TPSA) is 20.2 Å². The number of rotatable bonds is 7. The fraction of sp³-hybridized carbons (Fsp3) is 0.357. The van der Waals surface area contributed by atoms with Gasteiger partial charge < -0.3 is 5.11 Å². The van der Waals surface area contributed by atoms with Crippen LogP contribution in [0.4, 0.5) is 0 Å². The van der Waals surface area contributed by atoms with E-state index in [0.717, 1.165) is 21.9 Å². The van der Waals surface area contributed by atoms with Crippen LogP contribution < -0.4 is 0 Å². The van der Waals surface area contributed by atoms with Crippen LogP contribution >= 0.6 is 23.4 Å². The van der Waals surface area contributed by atoms with E-state index >= 15 is 0 Å². The second-order valence-electron chi connectivity index (χ2n) is 8.92. The van der Waals surface area contributed by atoms with Crippen LogP contribution in [0.25, 0.3) is 11.1 Å². The summed E-state index contributed by atoms with van der Waals surface area (Å²) >= 11 is 8.06. The van der Waals surface area contributed by atoms with Gasteiger partial charge in [-0.2, -0.15) is 0 Å². The van der Waals surface area contributed by atoms with Crippen LogP contribution in [0.5, 0.6) is 0 Å². The maximum atomic E-state index is 10.9. The van der Waals surface area contributed by atoms with Crippen molar-refractivity contribution in [1.29, 1.82) is 0 Å². The van der Waals surface area contributed by atoms with Gasteiger partial charge in [0.15, 0.2) is 0 Å². The number of aliphatic hydroxyl groups excluding tert-OH is 1. The third-order valence-corrected chi connectivity index (χ3v) is 7.03. The number of hydrogen-bond acceptors (Lipinski definition) is 2. The molecule has 1 atom stereocenters. The lowest BCUT2D eigenvalue weighted by molar-refractivity contribution is 0.198. The van der Waals surface area contributed by atoms with Gasteiger partial charge in [0.05, 0.1) is 6.10 Å². The summed E-state index contributed by atoms with van der Waals surface area (Å²) in [7, 11) is 0. The first-order valence-corrected chi connectivity index (χ1v) is 12.4. The van der Waals surface area contributed by atoms with Gasteiger partial charge in [0, 0.05) is 15.7 Å². The Labute approximate surface area is 196 Å². The van der Waals surface area contributed by atoms with Gasteiger partial charge in [0.1, 0.15) is 0 Å². The SMILES string of the molecule is Cc1ccc(SCc2c(C(C)C)cc(C(C)C)c(C(C)O)c2-c2ccc(Cl)cc2)cc1. The third kappa shape index (κ3) is 5.55. The third-order valence-electron chi connectivity index (χ3n) is 5.74. The molecular formula is C28H33ClOS. The molecule has 0 fully saturated rings. The van der Waals surface area contributed by atoms with Crippen LogP contribution in [0.3, 0.4) is 0 Å². The molecule has 1 nitrogen and oxygen atoms in total. The van der Waals surface area contributed by atoms with E-state index in [1.54, 1.807) is 0 Å². The number of aryl methyl sites for hydroxylation is 1. The highest BCUT2D eigenvalue weighted by Crippen LogP contribution is 2.43. The number of aliphatic hydroxyl groups is 1. The maximum absolute atomic E-state index is 10.9. The highest BCUT2D eigenvalue weighted by Gasteiger charge is 2.24. The highest BCUT2D eigenvalue weighted by molar-refractivity contribution is 7.98. The van der Waals surface area contributed by atoms with Crippen molar-refractivity contribution < 1.29 is 5.11 Å². The van der Waals surface area contributed by atoms with Crippen LogP contribution in [0.1, 0.15) is 80.4 Å². The van der Waals surface area contributed by atoms with Crippen molar-refractivity contribution in [3.8, 4) is 11.1 Å². The Hall–Kier alpha value is -1.74. The molecule has 0 aliphatic rings. The molecule has 0 saturated heterocycles. The fourth-order valence-corrected chi connectivity index (χ4v) is 5.19. The molecule has 31 heavy (non-hydrogen) atoms. The molecule has 1 N–H and O–H groups in total. The Morgan fingerprint density at radius 2 is 1.42 bits per heavy atom. The van der Waals surface area contributed by atoms with Crippen molar-refractivity contribution >= 4 is 23.4 Å². The van der Waals surface area contributed by atoms with Crippen molar-refractivity contribution in [1.82, 2.24) is 0 Å². The molecule has 0 radical (unpaired) electrons. The van der Waals surface area contributed by atoms with Crippen LogP contribution in [0.15, 0.2) is 59.5 Å². The average Bonchev–Trinajstić information content (AvgIpc) is 2.72. The molecule has 3 aromatic rings. The predicted octanol–water partition coefficient (Wildman–Crippen LogP) is 8.91. The Bertz CT molecular complexity index is 1020. The predicted molar refractivity (Wildman–Crippen MR) is 136 cm³/mol. The van der Waals surface area contributed by atoms with Crippen LogP contribution in [-0.2, 0) is 5.75 Å². The summed E-state index contributed by atoms with van der Waals surface area (Å²) in [6.07, 6.45) is -0.549. The molecule has 0 heterocycles. The maximum Gasteiger partial charge on any atom is 0.0770 e. The van der Waals surface area contributed by atoms with E-state index in [1.807, 2.05) is 30.8 Å². The van der Waals surface area contributed by atoms with Crippen molar-refractivity contribution in [3.63, 3.8) is 0 Å². The second-order valence-corrected chi connectivity index (χ2v) is 10.4. The Balaban J connectivity index is 2.25. The zero-order chi connectivity index (χ0) is 22.7. The molecule has 3 heteroatoms. The zero-order valence-corrected chi connectivity index (χ0v) is 20.9. The first-order valence-electron chi connectivity index (χ1n) is 11.0. The summed E-state index contributed by atoms with van der Waals surface area (Å²) in [5.41, 5.74) is 8.49. The summed E-state index contributed by atoms with van der Waals surface area (Å²) in [6.45, 7) is 12.9. The molecule has 0 bridgehead atoms. The molecule has 0 saturated carbocycles. The molecule has 0 amide bonds. The normalized spacial score (nSPS) is 12.6. The quantitative estimate of drug-likeness (QED) is 0.361. The van der Waals surface area contributed by atoms with Crippen molar-refractivity contribution in [2.75, 3.05) is 0 Å².